The van der Waals surface area contributed by atoms with Crippen LogP contribution in [0.1, 0.15) is 31.2 Å². The standard InChI is InChI=1S/C20H27N5O/c1-4-24-7-5-15(6-8-24)11-25-12-22-20-17(21)9-16(10-18(20)25)19-13(2)23-26-14(19)3/h9-10,12,15H,4-8,11,21H2,1-3H3. The van der Waals surface area contributed by atoms with E-state index in [0.717, 1.165) is 46.7 Å². The molecule has 0 unspecified atom stereocenters. The molecule has 1 aliphatic rings. The second kappa shape index (κ2) is 6.76. The van der Waals surface area contributed by atoms with Crippen molar-refractivity contribution in [1.29, 1.82) is 0 Å². The van der Waals surface area contributed by atoms with Gasteiger partial charge in [-0.3, -0.25) is 0 Å². The van der Waals surface area contributed by atoms with Crippen LogP contribution >= 0.6 is 0 Å². The average molecular weight is 353 g/mol. The highest BCUT2D eigenvalue weighted by Gasteiger charge is 2.20. The fourth-order valence-electron chi connectivity index (χ4n) is 4.14. The van der Waals surface area contributed by atoms with Gasteiger partial charge in [-0.1, -0.05) is 12.1 Å². The van der Waals surface area contributed by atoms with E-state index in [2.05, 4.69) is 32.6 Å². The van der Waals surface area contributed by atoms with Crippen LogP contribution in [0.15, 0.2) is 23.0 Å². The number of piperidine rings is 1. The van der Waals surface area contributed by atoms with Crippen LogP contribution in [0, 0.1) is 19.8 Å². The minimum absolute atomic E-state index is 0.694. The van der Waals surface area contributed by atoms with E-state index in [1.165, 1.54) is 25.9 Å². The molecule has 6 nitrogen and oxygen atoms in total. The van der Waals surface area contributed by atoms with Gasteiger partial charge in [0.1, 0.15) is 11.3 Å². The molecular formula is C20H27N5O. The van der Waals surface area contributed by atoms with Crippen LogP contribution in [0.5, 0.6) is 0 Å². The van der Waals surface area contributed by atoms with E-state index >= 15 is 0 Å². The number of nitrogens with zero attached hydrogens (tertiary/aromatic N) is 4. The van der Waals surface area contributed by atoms with E-state index in [-0.39, 0.29) is 0 Å². The highest BCUT2D eigenvalue weighted by Crippen LogP contribution is 2.33. The van der Waals surface area contributed by atoms with Crippen molar-refractivity contribution >= 4 is 16.7 Å². The minimum Gasteiger partial charge on any atom is -0.397 e. The zero-order valence-electron chi connectivity index (χ0n) is 15.8. The molecule has 0 amide bonds. The number of imidazole rings is 1. The third-order valence-corrected chi connectivity index (χ3v) is 5.69. The number of nitrogen functional groups attached to an aromatic ring is 1. The van der Waals surface area contributed by atoms with Gasteiger partial charge in [-0.15, -0.1) is 0 Å². The summed E-state index contributed by atoms with van der Waals surface area (Å²) < 4.78 is 7.60. The summed E-state index contributed by atoms with van der Waals surface area (Å²) in [5.41, 5.74) is 12.0. The molecule has 0 saturated carbocycles. The Bertz CT molecular complexity index is 898. The maximum atomic E-state index is 6.31. The molecule has 0 atom stereocenters. The molecule has 138 valence electrons. The monoisotopic (exact) mass is 353 g/mol. The molecule has 4 rings (SSSR count). The van der Waals surface area contributed by atoms with Crippen LogP contribution in [0.2, 0.25) is 0 Å². The normalized spacial score (nSPS) is 16.6. The number of fused-ring (bicyclic) bond motifs is 1. The van der Waals surface area contributed by atoms with Gasteiger partial charge in [-0.2, -0.15) is 0 Å². The van der Waals surface area contributed by atoms with Crippen LogP contribution < -0.4 is 5.73 Å². The summed E-state index contributed by atoms with van der Waals surface area (Å²) in [4.78, 5) is 7.09. The van der Waals surface area contributed by atoms with Crippen molar-refractivity contribution in [3.05, 3.63) is 29.9 Å². The molecular weight excluding hydrogens is 326 g/mol. The second-order valence-corrected chi connectivity index (χ2v) is 7.41. The van der Waals surface area contributed by atoms with Gasteiger partial charge < -0.3 is 19.7 Å². The molecule has 0 aliphatic carbocycles. The van der Waals surface area contributed by atoms with Crippen LogP contribution in [-0.4, -0.2) is 39.2 Å². The fraction of sp³-hybridized carbons (Fsp3) is 0.500. The van der Waals surface area contributed by atoms with Crippen LogP contribution in [0.25, 0.3) is 22.2 Å². The maximum absolute atomic E-state index is 6.31. The zero-order valence-corrected chi connectivity index (χ0v) is 15.8. The predicted molar refractivity (Wildman–Crippen MR) is 104 cm³/mol. The highest BCUT2D eigenvalue weighted by atomic mass is 16.5. The lowest BCUT2D eigenvalue weighted by atomic mass is 9.96. The summed E-state index contributed by atoms with van der Waals surface area (Å²) in [6.07, 6.45) is 4.42. The molecule has 26 heavy (non-hydrogen) atoms. The molecule has 0 radical (unpaired) electrons. The lowest BCUT2D eigenvalue weighted by Crippen LogP contribution is -2.34. The van der Waals surface area contributed by atoms with Crippen LogP contribution in [0.3, 0.4) is 0 Å². The van der Waals surface area contributed by atoms with Gasteiger partial charge in [0.05, 0.1) is 23.2 Å². The van der Waals surface area contributed by atoms with Gasteiger partial charge in [0.15, 0.2) is 0 Å². The van der Waals surface area contributed by atoms with Gasteiger partial charge in [-0.05, 0) is 69.9 Å². The maximum Gasteiger partial charge on any atom is 0.141 e. The number of aryl methyl sites for hydroxylation is 2. The van der Waals surface area contributed by atoms with Crippen molar-refractivity contribution in [2.45, 2.75) is 40.2 Å². The molecule has 3 heterocycles. The fourth-order valence-corrected chi connectivity index (χ4v) is 4.14. The number of aromatic nitrogens is 3. The molecule has 6 heteroatoms. The number of rotatable bonds is 4. The van der Waals surface area contributed by atoms with Gasteiger partial charge in [0, 0.05) is 12.1 Å². The topological polar surface area (TPSA) is 73.1 Å². The number of hydrogen-bond donors (Lipinski definition) is 1. The first-order valence-corrected chi connectivity index (χ1v) is 9.46. The summed E-state index contributed by atoms with van der Waals surface area (Å²) in [7, 11) is 0. The molecule has 0 bridgehead atoms. The van der Waals surface area contributed by atoms with E-state index in [9.17, 15) is 0 Å². The smallest absolute Gasteiger partial charge is 0.141 e. The third-order valence-electron chi connectivity index (χ3n) is 5.69. The van der Waals surface area contributed by atoms with E-state index in [1.807, 2.05) is 26.2 Å². The molecule has 2 aromatic heterocycles. The quantitative estimate of drug-likeness (QED) is 0.725. The summed E-state index contributed by atoms with van der Waals surface area (Å²) in [5.74, 6) is 1.51. The molecule has 1 saturated heterocycles. The van der Waals surface area contributed by atoms with Gasteiger partial charge in [0.25, 0.3) is 0 Å². The Labute approximate surface area is 154 Å². The van der Waals surface area contributed by atoms with E-state index in [0.29, 0.717) is 11.6 Å². The number of anilines is 1. The number of likely N-dealkylation sites (tertiary alicyclic amines) is 1. The summed E-state index contributed by atoms with van der Waals surface area (Å²) in [5, 5.41) is 4.08. The Morgan fingerprint density at radius 3 is 2.65 bits per heavy atom. The lowest BCUT2D eigenvalue weighted by Gasteiger charge is -2.31. The summed E-state index contributed by atoms with van der Waals surface area (Å²) in [6.45, 7) is 10.7. The van der Waals surface area contributed by atoms with Crippen molar-refractivity contribution in [3.8, 4) is 11.1 Å². The van der Waals surface area contributed by atoms with Crippen molar-refractivity contribution < 1.29 is 4.52 Å². The van der Waals surface area contributed by atoms with Crippen molar-refractivity contribution in [2.24, 2.45) is 5.92 Å². The van der Waals surface area contributed by atoms with Gasteiger partial charge >= 0.3 is 0 Å². The molecule has 1 fully saturated rings. The van der Waals surface area contributed by atoms with E-state index in [4.69, 9.17) is 10.3 Å². The first-order chi connectivity index (χ1) is 12.6. The Hall–Kier alpha value is -2.34. The molecule has 3 aromatic rings. The summed E-state index contributed by atoms with van der Waals surface area (Å²) >= 11 is 0. The van der Waals surface area contributed by atoms with Crippen LogP contribution in [-0.2, 0) is 6.54 Å². The first-order valence-electron chi connectivity index (χ1n) is 9.46. The molecule has 1 aromatic carbocycles. The Morgan fingerprint density at radius 1 is 1.23 bits per heavy atom. The SMILES string of the molecule is CCN1CCC(Cn2cnc3c(N)cc(-c4c(C)noc4C)cc32)CC1. The minimum atomic E-state index is 0.694. The zero-order chi connectivity index (χ0) is 18.3. The van der Waals surface area contributed by atoms with E-state index < -0.39 is 0 Å². The third kappa shape index (κ3) is 2.98. The lowest BCUT2D eigenvalue weighted by molar-refractivity contribution is 0.182. The molecule has 1 aliphatic heterocycles. The van der Waals surface area contributed by atoms with Gasteiger partial charge in [0.2, 0.25) is 0 Å². The Kier molecular flexibility index (Phi) is 4.44. The average Bonchev–Trinajstić information content (AvgIpc) is 3.19. The van der Waals surface area contributed by atoms with Gasteiger partial charge in [-0.25, -0.2) is 4.98 Å². The molecule has 2 N–H and O–H groups in total. The number of hydrogen-bond acceptors (Lipinski definition) is 5. The Morgan fingerprint density at radius 2 is 2.00 bits per heavy atom. The second-order valence-electron chi connectivity index (χ2n) is 7.41. The number of benzene rings is 1. The molecule has 0 spiro atoms. The first kappa shape index (κ1) is 17.1. The highest BCUT2D eigenvalue weighted by molar-refractivity contribution is 5.92. The number of nitrogens with two attached hydrogens (primary N) is 1. The van der Waals surface area contributed by atoms with Crippen molar-refractivity contribution in [1.82, 2.24) is 19.6 Å². The Balaban J connectivity index is 1.67. The predicted octanol–water partition coefficient (Wildman–Crippen LogP) is 3.62. The van der Waals surface area contributed by atoms with Crippen molar-refractivity contribution in [3.63, 3.8) is 0 Å². The van der Waals surface area contributed by atoms with Crippen molar-refractivity contribution in [2.75, 3.05) is 25.4 Å². The summed E-state index contributed by atoms with van der Waals surface area (Å²) in [6, 6.07) is 4.15. The van der Waals surface area contributed by atoms with Crippen LogP contribution in [0.4, 0.5) is 5.69 Å². The largest absolute Gasteiger partial charge is 0.397 e. The van der Waals surface area contributed by atoms with E-state index in [1.54, 1.807) is 0 Å².